The Balaban J connectivity index is 1.79. The van der Waals surface area contributed by atoms with E-state index in [-0.39, 0.29) is 5.41 Å². The average Bonchev–Trinajstić information content (AvgIpc) is 2.68. The van der Waals surface area contributed by atoms with Crippen LogP contribution in [0.2, 0.25) is 0 Å². The Hall–Kier alpha value is -0.780. The first-order valence-corrected chi connectivity index (χ1v) is 9.55. The molecule has 0 heterocycles. The molecule has 0 heteroatoms. The zero-order chi connectivity index (χ0) is 15.7. The summed E-state index contributed by atoms with van der Waals surface area (Å²) >= 11 is 0. The SMILES string of the molecule is CC1CCCCC2CCC(c3cccc(C(C)(C)C)c3)CC12. The highest BCUT2D eigenvalue weighted by molar-refractivity contribution is 5.31. The van der Waals surface area contributed by atoms with Crippen molar-refractivity contribution in [2.75, 3.05) is 0 Å². The molecule has 2 fully saturated rings. The lowest BCUT2D eigenvalue weighted by atomic mass is 9.67. The molecule has 122 valence electrons. The summed E-state index contributed by atoms with van der Waals surface area (Å²) in [6.45, 7) is 9.51. The fourth-order valence-corrected chi connectivity index (χ4v) is 4.97. The molecule has 2 saturated carbocycles. The Labute approximate surface area is 137 Å². The average molecular weight is 299 g/mol. The molecule has 0 aliphatic heterocycles. The van der Waals surface area contributed by atoms with Gasteiger partial charge >= 0.3 is 0 Å². The summed E-state index contributed by atoms with van der Waals surface area (Å²) in [4.78, 5) is 0. The molecule has 2 aliphatic rings. The Bertz CT molecular complexity index is 493. The number of hydrogen-bond acceptors (Lipinski definition) is 0. The van der Waals surface area contributed by atoms with Crippen molar-refractivity contribution in [3.05, 3.63) is 35.4 Å². The van der Waals surface area contributed by atoms with E-state index in [2.05, 4.69) is 52.0 Å². The number of fused-ring (bicyclic) bond motifs is 1. The number of rotatable bonds is 1. The van der Waals surface area contributed by atoms with Crippen LogP contribution in [0.4, 0.5) is 0 Å². The molecular weight excluding hydrogens is 264 g/mol. The summed E-state index contributed by atoms with van der Waals surface area (Å²) in [6, 6.07) is 9.50. The summed E-state index contributed by atoms with van der Waals surface area (Å²) in [7, 11) is 0. The fraction of sp³-hybridized carbons (Fsp3) is 0.727. The molecule has 0 saturated heterocycles. The largest absolute Gasteiger partial charge is 0.0622 e. The second-order valence-corrected chi connectivity index (χ2v) is 9.07. The van der Waals surface area contributed by atoms with Crippen LogP contribution in [0.25, 0.3) is 0 Å². The van der Waals surface area contributed by atoms with Gasteiger partial charge in [0.15, 0.2) is 0 Å². The van der Waals surface area contributed by atoms with Gasteiger partial charge in [0, 0.05) is 0 Å². The monoisotopic (exact) mass is 298 g/mol. The maximum atomic E-state index is 2.52. The maximum absolute atomic E-state index is 2.52. The quantitative estimate of drug-likeness (QED) is 0.541. The van der Waals surface area contributed by atoms with Gasteiger partial charge in [-0.25, -0.2) is 0 Å². The van der Waals surface area contributed by atoms with E-state index in [1.165, 1.54) is 50.5 Å². The van der Waals surface area contributed by atoms with Crippen LogP contribution in [0.15, 0.2) is 24.3 Å². The lowest BCUT2D eigenvalue weighted by molar-refractivity contribution is 0.157. The van der Waals surface area contributed by atoms with Crippen LogP contribution in [0.3, 0.4) is 0 Å². The van der Waals surface area contributed by atoms with Crippen molar-refractivity contribution in [3.8, 4) is 0 Å². The van der Waals surface area contributed by atoms with Gasteiger partial charge in [0.25, 0.3) is 0 Å². The first kappa shape index (κ1) is 16.1. The zero-order valence-electron chi connectivity index (χ0n) is 15.1. The van der Waals surface area contributed by atoms with Crippen molar-refractivity contribution in [2.45, 2.75) is 84.0 Å². The van der Waals surface area contributed by atoms with Crippen LogP contribution in [0, 0.1) is 17.8 Å². The van der Waals surface area contributed by atoms with Gasteiger partial charge < -0.3 is 0 Å². The number of benzene rings is 1. The van der Waals surface area contributed by atoms with E-state index in [4.69, 9.17) is 0 Å². The molecule has 1 aromatic rings. The molecule has 0 radical (unpaired) electrons. The summed E-state index contributed by atoms with van der Waals surface area (Å²) in [5.41, 5.74) is 3.38. The Morgan fingerprint density at radius 3 is 2.50 bits per heavy atom. The third-order valence-electron chi connectivity index (χ3n) is 6.49. The Morgan fingerprint density at radius 1 is 0.955 bits per heavy atom. The molecule has 0 nitrogen and oxygen atoms in total. The highest BCUT2D eigenvalue weighted by Crippen LogP contribution is 2.47. The molecule has 4 unspecified atom stereocenters. The van der Waals surface area contributed by atoms with E-state index >= 15 is 0 Å². The van der Waals surface area contributed by atoms with Gasteiger partial charge in [-0.15, -0.1) is 0 Å². The van der Waals surface area contributed by atoms with Crippen LogP contribution in [0.5, 0.6) is 0 Å². The smallest absolute Gasteiger partial charge is 0.0132 e. The van der Waals surface area contributed by atoms with Gasteiger partial charge in [-0.3, -0.25) is 0 Å². The summed E-state index contributed by atoms with van der Waals surface area (Å²) in [5.74, 6) is 3.77. The summed E-state index contributed by atoms with van der Waals surface area (Å²) in [6.07, 6.45) is 10.3. The van der Waals surface area contributed by atoms with Crippen LogP contribution in [0.1, 0.15) is 89.7 Å². The minimum absolute atomic E-state index is 0.267. The molecule has 0 aromatic heterocycles. The van der Waals surface area contributed by atoms with E-state index in [1.54, 1.807) is 5.56 Å². The molecule has 0 bridgehead atoms. The lowest BCUT2D eigenvalue weighted by Crippen LogP contribution is -2.27. The normalized spacial score (nSPS) is 33.1. The highest BCUT2D eigenvalue weighted by atomic mass is 14.4. The van der Waals surface area contributed by atoms with Gasteiger partial charge in [-0.2, -0.15) is 0 Å². The molecule has 4 atom stereocenters. The van der Waals surface area contributed by atoms with Crippen molar-refractivity contribution < 1.29 is 0 Å². The van der Waals surface area contributed by atoms with E-state index in [1.807, 2.05) is 0 Å². The molecule has 3 rings (SSSR count). The second kappa shape index (κ2) is 6.38. The third kappa shape index (κ3) is 3.42. The van der Waals surface area contributed by atoms with Crippen molar-refractivity contribution in [1.29, 1.82) is 0 Å². The molecule has 0 N–H and O–H groups in total. The molecule has 0 amide bonds. The first-order chi connectivity index (χ1) is 10.4. The van der Waals surface area contributed by atoms with Gasteiger partial charge in [0.1, 0.15) is 0 Å². The molecular formula is C22H34. The van der Waals surface area contributed by atoms with Crippen LogP contribution in [-0.2, 0) is 5.41 Å². The third-order valence-corrected chi connectivity index (χ3v) is 6.49. The number of hydrogen-bond donors (Lipinski definition) is 0. The van der Waals surface area contributed by atoms with Crippen molar-refractivity contribution in [1.82, 2.24) is 0 Å². The van der Waals surface area contributed by atoms with E-state index in [0.717, 1.165) is 23.7 Å². The zero-order valence-corrected chi connectivity index (χ0v) is 15.1. The minimum atomic E-state index is 0.267. The van der Waals surface area contributed by atoms with Crippen molar-refractivity contribution in [2.24, 2.45) is 17.8 Å². The van der Waals surface area contributed by atoms with Crippen LogP contribution < -0.4 is 0 Å². The van der Waals surface area contributed by atoms with Crippen LogP contribution in [-0.4, -0.2) is 0 Å². The molecule has 0 spiro atoms. The lowest BCUT2D eigenvalue weighted by Gasteiger charge is -2.39. The predicted molar refractivity (Wildman–Crippen MR) is 96.3 cm³/mol. The standard InChI is InChI=1S/C22H34/c1-16-8-5-6-9-17-12-13-19(15-21(16)17)18-10-7-11-20(14-18)22(2,3)4/h7,10-11,14,16-17,19,21H,5-6,8-9,12-13,15H2,1-4H3. The topological polar surface area (TPSA) is 0 Å². The van der Waals surface area contributed by atoms with Gasteiger partial charge in [0.05, 0.1) is 0 Å². The molecule has 22 heavy (non-hydrogen) atoms. The Kier molecular flexibility index (Phi) is 4.67. The summed E-state index contributed by atoms with van der Waals surface area (Å²) in [5, 5.41) is 0. The van der Waals surface area contributed by atoms with Crippen molar-refractivity contribution in [3.63, 3.8) is 0 Å². The summed E-state index contributed by atoms with van der Waals surface area (Å²) < 4.78 is 0. The second-order valence-electron chi connectivity index (χ2n) is 9.07. The predicted octanol–water partition coefficient (Wildman–Crippen LogP) is 6.69. The van der Waals surface area contributed by atoms with Gasteiger partial charge in [0.2, 0.25) is 0 Å². The van der Waals surface area contributed by atoms with Crippen molar-refractivity contribution >= 4 is 0 Å². The maximum Gasteiger partial charge on any atom is -0.0132 e. The van der Waals surface area contributed by atoms with E-state index in [9.17, 15) is 0 Å². The van der Waals surface area contributed by atoms with E-state index in [0.29, 0.717) is 0 Å². The van der Waals surface area contributed by atoms with E-state index < -0.39 is 0 Å². The first-order valence-electron chi connectivity index (χ1n) is 9.55. The minimum Gasteiger partial charge on any atom is -0.0622 e. The van der Waals surface area contributed by atoms with Gasteiger partial charge in [-0.1, -0.05) is 77.6 Å². The fourth-order valence-electron chi connectivity index (χ4n) is 4.97. The van der Waals surface area contributed by atoms with Gasteiger partial charge in [-0.05, 0) is 59.5 Å². The highest BCUT2D eigenvalue weighted by Gasteiger charge is 2.35. The Morgan fingerprint density at radius 2 is 1.73 bits per heavy atom. The molecule has 2 aliphatic carbocycles. The van der Waals surface area contributed by atoms with Crippen LogP contribution >= 0.6 is 0 Å². The molecule has 1 aromatic carbocycles.